The number of benzene rings is 2. The zero-order valence-electron chi connectivity index (χ0n) is 15.0. The van der Waals surface area contributed by atoms with Crippen molar-refractivity contribution in [3.05, 3.63) is 54.1 Å². The minimum Gasteiger partial charge on any atom is -0.482 e. The topological polar surface area (TPSA) is 88.8 Å². The maximum atomic E-state index is 12.2. The second-order valence-electron chi connectivity index (χ2n) is 6.18. The van der Waals surface area contributed by atoms with Crippen LogP contribution in [0.5, 0.6) is 5.75 Å². The van der Waals surface area contributed by atoms with Gasteiger partial charge in [-0.3, -0.25) is 4.79 Å². The van der Waals surface area contributed by atoms with E-state index in [1.54, 1.807) is 36.4 Å². The molecule has 0 saturated heterocycles. The number of carboxylic acid groups (broad SMARTS) is 1. The van der Waals surface area contributed by atoms with Crippen LogP contribution < -0.4 is 10.1 Å². The number of carbonyl (C=O) groups excluding carboxylic acids is 1. The normalized spacial score (nSPS) is 10.7. The van der Waals surface area contributed by atoms with Crippen LogP contribution in [0.4, 0.5) is 0 Å². The third-order valence-corrected chi connectivity index (χ3v) is 4.08. The Balaban J connectivity index is 1.81. The van der Waals surface area contributed by atoms with Crippen molar-refractivity contribution < 1.29 is 23.8 Å². The monoisotopic (exact) mass is 367 g/mol. The summed E-state index contributed by atoms with van der Waals surface area (Å²) in [5, 5.41) is 12.4. The van der Waals surface area contributed by atoms with Gasteiger partial charge in [0.1, 0.15) is 17.1 Å². The Bertz CT molecular complexity index is 960. The molecule has 0 fully saturated rings. The molecule has 1 heterocycles. The van der Waals surface area contributed by atoms with Crippen LogP contribution in [-0.4, -0.2) is 30.1 Å². The molecule has 3 rings (SSSR count). The first-order chi connectivity index (χ1) is 13.1. The average molecular weight is 367 g/mol. The minimum absolute atomic E-state index is 0.0998. The summed E-state index contributed by atoms with van der Waals surface area (Å²) in [7, 11) is 0. The van der Waals surface area contributed by atoms with Gasteiger partial charge in [-0.15, -0.1) is 0 Å². The Morgan fingerprint density at radius 2 is 2.00 bits per heavy atom. The van der Waals surface area contributed by atoms with Crippen LogP contribution in [0.1, 0.15) is 30.1 Å². The summed E-state index contributed by atoms with van der Waals surface area (Å²) < 4.78 is 11.1. The number of hydrogen-bond acceptors (Lipinski definition) is 4. The molecule has 2 aromatic carbocycles. The van der Waals surface area contributed by atoms with Gasteiger partial charge in [0.25, 0.3) is 5.91 Å². The van der Waals surface area contributed by atoms with Gasteiger partial charge in [0, 0.05) is 23.1 Å². The van der Waals surface area contributed by atoms with E-state index in [0.717, 1.165) is 23.8 Å². The van der Waals surface area contributed by atoms with Gasteiger partial charge in [0.15, 0.2) is 6.61 Å². The van der Waals surface area contributed by atoms with Crippen LogP contribution in [0.15, 0.2) is 52.9 Å². The summed E-state index contributed by atoms with van der Waals surface area (Å²) in [6.07, 6.45) is 1.98. The number of unbranched alkanes of at least 4 members (excludes halogenated alkanes) is 1. The summed E-state index contributed by atoms with van der Waals surface area (Å²) in [5.74, 6) is -0.0632. The van der Waals surface area contributed by atoms with Crippen LogP contribution in [0.2, 0.25) is 0 Å². The highest BCUT2D eigenvalue weighted by atomic mass is 16.5. The molecule has 27 heavy (non-hydrogen) atoms. The van der Waals surface area contributed by atoms with Gasteiger partial charge in [-0.05, 0) is 42.8 Å². The van der Waals surface area contributed by atoms with E-state index in [0.29, 0.717) is 29.2 Å². The van der Waals surface area contributed by atoms with Crippen LogP contribution >= 0.6 is 0 Å². The van der Waals surface area contributed by atoms with E-state index in [9.17, 15) is 9.59 Å². The van der Waals surface area contributed by atoms with Crippen molar-refractivity contribution in [1.29, 1.82) is 0 Å². The highest BCUT2D eigenvalue weighted by Gasteiger charge is 2.11. The molecule has 0 spiro atoms. The Hall–Kier alpha value is -3.28. The average Bonchev–Trinajstić information content (AvgIpc) is 3.10. The van der Waals surface area contributed by atoms with E-state index in [1.807, 2.05) is 12.1 Å². The smallest absolute Gasteiger partial charge is 0.341 e. The SMILES string of the molecule is CCCCNC(=O)c1ccc2oc(-c3cccc(OCC(=O)O)c3)cc2c1. The maximum Gasteiger partial charge on any atom is 0.341 e. The van der Waals surface area contributed by atoms with Gasteiger partial charge in [-0.1, -0.05) is 25.5 Å². The number of carbonyl (C=O) groups is 2. The van der Waals surface area contributed by atoms with Crippen molar-refractivity contribution in [1.82, 2.24) is 5.32 Å². The van der Waals surface area contributed by atoms with Crippen LogP contribution in [-0.2, 0) is 4.79 Å². The highest BCUT2D eigenvalue weighted by Crippen LogP contribution is 2.30. The molecule has 0 aliphatic rings. The first-order valence-electron chi connectivity index (χ1n) is 8.83. The van der Waals surface area contributed by atoms with E-state index in [2.05, 4.69) is 12.2 Å². The Morgan fingerprint density at radius 1 is 1.15 bits per heavy atom. The molecule has 0 aliphatic carbocycles. The quantitative estimate of drug-likeness (QED) is 0.585. The first kappa shape index (κ1) is 18.5. The Labute approximate surface area is 156 Å². The van der Waals surface area contributed by atoms with Gasteiger partial charge >= 0.3 is 5.97 Å². The standard InChI is InChI=1S/C21H21NO5/c1-2-3-9-22-21(25)15-7-8-18-16(10-15)12-19(27-18)14-5-4-6-17(11-14)26-13-20(23)24/h4-8,10-12H,2-3,9,13H2,1H3,(H,22,25)(H,23,24). The molecule has 0 unspecified atom stereocenters. The Morgan fingerprint density at radius 3 is 2.78 bits per heavy atom. The number of carboxylic acids is 1. The zero-order chi connectivity index (χ0) is 19.2. The Kier molecular flexibility index (Phi) is 5.76. The lowest BCUT2D eigenvalue weighted by atomic mass is 10.1. The number of fused-ring (bicyclic) bond motifs is 1. The molecule has 1 aromatic heterocycles. The summed E-state index contributed by atoms with van der Waals surface area (Å²) in [6.45, 7) is 2.33. The molecular weight excluding hydrogens is 346 g/mol. The fourth-order valence-electron chi connectivity index (χ4n) is 2.69. The summed E-state index contributed by atoms with van der Waals surface area (Å²) in [6, 6.07) is 14.2. The van der Waals surface area contributed by atoms with Crippen molar-refractivity contribution in [2.45, 2.75) is 19.8 Å². The third-order valence-electron chi connectivity index (χ3n) is 4.08. The molecule has 140 valence electrons. The zero-order valence-corrected chi connectivity index (χ0v) is 15.0. The summed E-state index contributed by atoms with van der Waals surface area (Å²) in [4.78, 5) is 22.8. The maximum absolute atomic E-state index is 12.2. The predicted molar refractivity (Wildman–Crippen MR) is 102 cm³/mol. The largest absolute Gasteiger partial charge is 0.482 e. The molecule has 6 heteroatoms. The van der Waals surface area contributed by atoms with Gasteiger partial charge in [-0.25, -0.2) is 4.79 Å². The van der Waals surface area contributed by atoms with Crippen molar-refractivity contribution in [3.63, 3.8) is 0 Å². The second-order valence-corrected chi connectivity index (χ2v) is 6.18. The number of rotatable bonds is 8. The molecule has 6 nitrogen and oxygen atoms in total. The molecule has 0 atom stereocenters. The van der Waals surface area contributed by atoms with Gasteiger partial charge < -0.3 is 19.6 Å². The second kappa shape index (κ2) is 8.40. The third kappa shape index (κ3) is 4.67. The first-order valence-corrected chi connectivity index (χ1v) is 8.83. The van der Waals surface area contributed by atoms with Crippen LogP contribution in [0, 0.1) is 0 Å². The molecule has 0 bridgehead atoms. The molecule has 0 aliphatic heterocycles. The van der Waals surface area contributed by atoms with Crippen LogP contribution in [0.3, 0.4) is 0 Å². The molecule has 3 aromatic rings. The molecule has 0 saturated carbocycles. The van der Waals surface area contributed by atoms with Gasteiger partial charge in [0.2, 0.25) is 0 Å². The number of furan rings is 1. The lowest BCUT2D eigenvalue weighted by Gasteiger charge is -2.04. The van der Waals surface area contributed by atoms with E-state index in [4.69, 9.17) is 14.3 Å². The lowest BCUT2D eigenvalue weighted by Crippen LogP contribution is -2.24. The fourth-order valence-corrected chi connectivity index (χ4v) is 2.69. The van der Waals surface area contributed by atoms with Gasteiger partial charge in [0.05, 0.1) is 0 Å². The van der Waals surface area contributed by atoms with E-state index in [1.165, 1.54) is 0 Å². The number of aliphatic carboxylic acids is 1. The number of hydrogen-bond donors (Lipinski definition) is 2. The van der Waals surface area contributed by atoms with Crippen molar-refractivity contribution in [2.75, 3.05) is 13.2 Å². The molecule has 0 radical (unpaired) electrons. The molecular formula is C21H21NO5. The number of nitrogens with one attached hydrogen (secondary N) is 1. The lowest BCUT2D eigenvalue weighted by molar-refractivity contribution is -0.139. The molecule has 1 amide bonds. The molecule has 2 N–H and O–H groups in total. The summed E-state index contributed by atoms with van der Waals surface area (Å²) >= 11 is 0. The minimum atomic E-state index is -1.03. The highest BCUT2D eigenvalue weighted by molar-refractivity contribution is 5.98. The fraction of sp³-hybridized carbons (Fsp3) is 0.238. The number of ether oxygens (including phenoxy) is 1. The van der Waals surface area contributed by atoms with Gasteiger partial charge in [-0.2, -0.15) is 0 Å². The van der Waals surface area contributed by atoms with E-state index < -0.39 is 12.6 Å². The number of amides is 1. The van der Waals surface area contributed by atoms with Crippen LogP contribution in [0.25, 0.3) is 22.3 Å². The van der Waals surface area contributed by atoms with Crippen molar-refractivity contribution in [3.8, 4) is 17.1 Å². The summed E-state index contributed by atoms with van der Waals surface area (Å²) in [5.41, 5.74) is 2.03. The van der Waals surface area contributed by atoms with E-state index in [-0.39, 0.29) is 5.91 Å². The van der Waals surface area contributed by atoms with E-state index >= 15 is 0 Å². The van der Waals surface area contributed by atoms with Crippen molar-refractivity contribution >= 4 is 22.8 Å². The predicted octanol–water partition coefficient (Wildman–Crippen LogP) is 4.09. The van der Waals surface area contributed by atoms with Crippen molar-refractivity contribution in [2.24, 2.45) is 0 Å².